The number of methoxy groups -OCH3 is 1. The molecule has 1 saturated heterocycles. The molecule has 0 radical (unpaired) electrons. The van der Waals surface area contributed by atoms with Gasteiger partial charge in [0.2, 0.25) is 6.79 Å². The fourth-order valence-corrected chi connectivity index (χ4v) is 4.07. The maximum absolute atomic E-state index is 5.61. The summed E-state index contributed by atoms with van der Waals surface area (Å²) in [5.41, 5.74) is 2.29. The fraction of sp³-hybridized carbons (Fsp3) is 0.409. The van der Waals surface area contributed by atoms with Crippen LogP contribution in [0.4, 0.5) is 0 Å². The zero-order valence-electron chi connectivity index (χ0n) is 16.6. The number of nitrogens with one attached hydrogen (secondary N) is 2. The van der Waals surface area contributed by atoms with E-state index >= 15 is 0 Å². The first-order valence-corrected chi connectivity index (χ1v) is 10.4. The highest BCUT2D eigenvalue weighted by Gasteiger charge is 2.26. The number of nitrogens with zero attached hydrogens (tertiary/aromatic N) is 1. The Labute approximate surface area is 177 Å². The summed E-state index contributed by atoms with van der Waals surface area (Å²) < 4.78 is 16.4. The van der Waals surface area contributed by atoms with Gasteiger partial charge in [0.05, 0.1) is 13.2 Å². The van der Waals surface area contributed by atoms with Crippen LogP contribution in [0.25, 0.3) is 0 Å². The minimum Gasteiger partial charge on any atom is -0.496 e. The highest BCUT2D eigenvalue weighted by atomic mass is 32.1. The van der Waals surface area contributed by atoms with Crippen LogP contribution < -0.4 is 24.8 Å². The minimum absolute atomic E-state index is 0.221. The molecule has 2 aliphatic heterocycles. The molecule has 2 aromatic rings. The summed E-state index contributed by atoms with van der Waals surface area (Å²) in [6.07, 6.45) is 2.47. The van der Waals surface area contributed by atoms with E-state index in [1.54, 1.807) is 7.11 Å². The van der Waals surface area contributed by atoms with Crippen molar-refractivity contribution in [3.05, 3.63) is 53.6 Å². The second-order valence-electron chi connectivity index (χ2n) is 7.25. The van der Waals surface area contributed by atoms with Crippen LogP contribution in [0.3, 0.4) is 0 Å². The molecule has 1 fully saturated rings. The molecule has 1 unspecified atom stereocenters. The highest BCUT2D eigenvalue weighted by Crippen LogP contribution is 2.33. The van der Waals surface area contributed by atoms with Crippen LogP contribution in [0.5, 0.6) is 17.2 Å². The first-order chi connectivity index (χ1) is 14.2. The van der Waals surface area contributed by atoms with Crippen LogP contribution in [0.15, 0.2) is 42.5 Å². The predicted octanol–water partition coefficient (Wildman–Crippen LogP) is 3.23. The van der Waals surface area contributed by atoms with Crippen LogP contribution in [-0.4, -0.2) is 43.5 Å². The second-order valence-corrected chi connectivity index (χ2v) is 7.66. The summed E-state index contributed by atoms with van der Waals surface area (Å²) in [4.78, 5) is 2.51. The molecule has 0 spiro atoms. The Balaban J connectivity index is 1.36. The Kier molecular flexibility index (Phi) is 6.36. The van der Waals surface area contributed by atoms with E-state index in [0.29, 0.717) is 11.7 Å². The molecular weight excluding hydrogens is 386 g/mol. The van der Waals surface area contributed by atoms with E-state index in [9.17, 15) is 0 Å². The van der Waals surface area contributed by atoms with Crippen LogP contribution >= 0.6 is 12.2 Å². The quantitative estimate of drug-likeness (QED) is 0.676. The number of fused-ring (bicyclic) bond motifs is 1. The van der Waals surface area contributed by atoms with Gasteiger partial charge >= 0.3 is 0 Å². The molecule has 1 atom stereocenters. The largest absolute Gasteiger partial charge is 0.496 e. The summed E-state index contributed by atoms with van der Waals surface area (Å²) in [6.45, 7) is 3.84. The van der Waals surface area contributed by atoms with Crippen LogP contribution in [0, 0.1) is 0 Å². The average Bonchev–Trinajstić information content (AvgIpc) is 3.44. The van der Waals surface area contributed by atoms with Gasteiger partial charge < -0.3 is 24.8 Å². The molecule has 0 bridgehead atoms. The van der Waals surface area contributed by atoms with Crippen molar-refractivity contribution in [1.29, 1.82) is 0 Å². The van der Waals surface area contributed by atoms with Crippen molar-refractivity contribution in [1.82, 2.24) is 15.5 Å². The summed E-state index contributed by atoms with van der Waals surface area (Å²) in [5.74, 6) is 2.50. The number of thiocarbonyl (C=S) groups is 1. The van der Waals surface area contributed by atoms with Gasteiger partial charge in [0.15, 0.2) is 16.6 Å². The molecule has 0 amide bonds. The molecule has 0 aromatic heterocycles. The molecule has 2 aliphatic rings. The lowest BCUT2D eigenvalue weighted by molar-refractivity contribution is 0.174. The molecule has 0 aliphatic carbocycles. The highest BCUT2D eigenvalue weighted by molar-refractivity contribution is 7.80. The molecule has 0 saturated carbocycles. The third-order valence-electron chi connectivity index (χ3n) is 5.43. The minimum atomic E-state index is 0.221. The number of hydrogen-bond donors (Lipinski definition) is 2. The Hall–Kier alpha value is -2.51. The lowest BCUT2D eigenvalue weighted by atomic mass is 10.0. The Bertz CT molecular complexity index is 855. The normalized spacial score (nSPS) is 16.4. The summed E-state index contributed by atoms with van der Waals surface area (Å²) >= 11 is 5.53. The Morgan fingerprint density at radius 1 is 1.10 bits per heavy atom. The fourth-order valence-electron chi connectivity index (χ4n) is 3.92. The standard InChI is InChI=1S/C22H27N3O3S/c1-26-19-7-3-2-6-17(19)18(25-10-4-5-11-25)14-24-22(29)23-13-16-8-9-20-21(12-16)28-15-27-20/h2-3,6-9,12,18H,4-5,10-11,13-15H2,1H3,(H2,23,24,29). The maximum atomic E-state index is 5.61. The van der Waals surface area contributed by atoms with E-state index in [4.69, 9.17) is 26.4 Å². The lowest BCUT2D eigenvalue weighted by Crippen LogP contribution is -2.41. The van der Waals surface area contributed by atoms with E-state index in [1.165, 1.54) is 18.4 Å². The van der Waals surface area contributed by atoms with E-state index in [2.05, 4.69) is 27.7 Å². The molecule has 2 heterocycles. The zero-order valence-corrected chi connectivity index (χ0v) is 17.5. The van der Waals surface area contributed by atoms with Crippen molar-refractivity contribution >= 4 is 17.3 Å². The molecular formula is C22H27N3O3S. The van der Waals surface area contributed by atoms with Gasteiger partial charge in [0.1, 0.15) is 5.75 Å². The van der Waals surface area contributed by atoms with Gasteiger partial charge in [0, 0.05) is 18.7 Å². The van der Waals surface area contributed by atoms with Gasteiger partial charge in [-0.05, 0) is 61.9 Å². The van der Waals surface area contributed by atoms with Crippen molar-refractivity contribution in [2.45, 2.75) is 25.4 Å². The van der Waals surface area contributed by atoms with E-state index in [0.717, 1.165) is 42.4 Å². The first kappa shape index (κ1) is 19.8. The third-order valence-corrected chi connectivity index (χ3v) is 5.71. The van der Waals surface area contributed by atoms with Crippen molar-refractivity contribution in [3.8, 4) is 17.2 Å². The van der Waals surface area contributed by atoms with Crippen molar-refractivity contribution < 1.29 is 14.2 Å². The van der Waals surface area contributed by atoms with E-state index in [1.807, 2.05) is 30.3 Å². The zero-order chi connectivity index (χ0) is 20.1. The van der Waals surface area contributed by atoms with Gasteiger partial charge in [-0.3, -0.25) is 4.90 Å². The van der Waals surface area contributed by atoms with Gasteiger partial charge in [-0.25, -0.2) is 0 Å². The number of rotatable bonds is 7. The Morgan fingerprint density at radius 2 is 1.90 bits per heavy atom. The van der Waals surface area contributed by atoms with Crippen LogP contribution in [0.2, 0.25) is 0 Å². The summed E-state index contributed by atoms with van der Waals surface area (Å²) in [7, 11) is 1.73. The van der Waals surface area contributed by atoms with Crippen molar-refractivity contribution in [2.75, 3.05) is 33.5 Å². The van der Waals surface area contributed by atoms with Crippen LogP contribution in [-0.2, 0) is 6.54 Å². The maximum Gasteiger partial charge on any atom is 0.231 e. The molecule has 2 N–H and O–H groups in total. The molecule has 4 rings (SSSR count). The molecule has 29 heavy (non-hydrogen) atoms. The second kappa shape index (κ2) is 9.33. The number of ether oxygens (including phenoxy) is 3. The van der Waals surface area contributed by atoms with Gasteiger partial charge in [0.25, 0.3) is 0 Å². The van der Waals surface area contributed by atoms with Gasteiger partial charge in [-0.2, -0.15) is 0 Å². The third kappa shape index (κ3) is 4.74. The van der Waals surface area contributed by atoms with Gasteiger partial charge in [-0.15, -0.1) is 0 Å². The van der Waals surface area contributed by atoms with Crippen LogP contribution in [0.1, 0.15) is 30.0 Å². The topological polar surface area (TPSA) is 55.0 Å². The molecule has 2 aromatic carbocycles. The first-order valence-electron chi connectivity index (χ1n) is 10.0. The number of likely N-dealkylation sites (tertiary alicyclic amines) is 1. The lowest BCUT2D eigenvalue weighted by Gasteiger charge is -2.29. The van der Waals surface area contributed by atoms with Gasteiger partial charge in [-0.1, -0.05) is 24.3 Å². The summed E-state index contributed by atoms with van der Waals surface area (Å²) in [5, 5.41) is 7.33. The number of hydrogen-bond acceptors (Lipinski definition) is 5. The van der Waals surface area contributed by atoms with Crippen molar-refractivity contribution in [2.24, 2.45) is 0 Å². The molecule has 154 valence electrons. The Morgan fingerprint density at radius 3 is 2.72 bits per heavy atom. The smallest absolute Gasteiger partial charge is 0.231 e. The average molecular weight is 414 g/mol. The summed E-state index contributed by atoms with van der Waals surface area (Å²) in [6, 6.07) is 14.4. The van der Waals surface area contributed by atoms with E-state index < -0.39 is 0 Å². The predicted molar refractivity (Wildman–Crippen MR) is 117 cm³/mol. The number of para-hydroxylation sites is 1. The SMILES string of the molecule is COc1ccccc1C(CNC(=S)NCc1ccc2c(c1)OCO2)N1CCCC1. The number of benzene rings is 2. The monoisotopic (exact) mass is 413 g/mol. The van der Waals surface area contributed by atoms with E-state index in [-0.39, 0.29) is 12.8 Å². The molecule has 6 nitrogen and oxygen atoms in total. The molecule has 7 heteroatoms. The van der Waals surface area contributed by atoms with Crippen molar-refractivity contribution in [3.63, 3.8) is 0 Å².